The molecule has 0 saturated heterocycles. The SMILES string of the molecule is COc1ccc(C(=O)COC(=O)Cc2csc(-c3cccs3)n2)cc1. The van der Waals surface area contributed by atoms with Crippen molar-refractivity contribution in [1.29, 1.82) is 0 Å². The molecule has 3 rings (SSSR count). The first-order chi connectivity index (χ1) is 12.2. The van der Waals surface area contributed by atoms with E-state index in [9.17, 15) is 9.59 Å². The van der Waals surface area contributed by atoms with Gasteiger partial charge in [0.05, 0.1) is 24.1 Å². The summed E-state index contributed by atoms with van der Waals surface area (Å²) in [6, 6.07) is 10.6. The fourth-order valence-electron chi connectivity index (χ4n) is 2.11. The zero-order chi connectivity index (χ0) is 17.6. The van der Waals surface area contributed by atoms with E-state index in [0.717, 1.165) is 9.88 Å². The number of nitrogens with zero attached hydrogens (tertiary/aromatic N) is 1. The van der Waals surface area contributed by atoms with Crippen LogP contribution >= 0.6 is 22.7 Å². The number of carbonyl (C=O) groups excluding carboxylic acids is 2. The summed E-state index contributed by atoms with van der Waals surface area (Å²) in [4.78, 5) is 29.4. The minimum absolute atomic E-state index is 0.0533. The third-order valence-electron chi connectivity index (χ3n) is 3.39. The first-order valence-electron chi connectivity index (χ1n) is 7.47. The molecule has 2 heterocycles. The second-order valence-corrected chi connectivity index (χ2v) is 6.92. The molecule has 0 aliphatic rings. The zero-order valence-electron chi connectivity index (χ0n) is 13.4. The van der Waals surface area contributed by atoms with E-state index < -0.39 is 5.97 Å². The Morgan fingerprint density at radius 3 is 2.60 bits per heavy atom. The topological polar surface area (TPSA) is 65.5 Å². The Bertz CT molecular complexity index is 854. The molecule has 0 bridgehead atoms. The van der Waals surface area contributed by atoms with E-state index >= 15 is 0 Å². The fourth-order valence-corrected chi connectivity index (χ4v) is 3.74. The highest BCUT2D eigenvalue weighted by molar-refractivity contribution is 7.20. The molecule has 0 atom stereocenters. The molecule has 0 unspecified atom stereocenters. The Hall–Kier alpha value is -2.51. The predicted octanol–water partition coefficient (Wildman–Crippen LogP) is 3.85. The van der Waals surface area contributed by atoms with Crippen LogP contribution < -0.4 is 4.74 Å². The van der Waals surface area contributed by atoms with Crippen molar-refractivity contribution >= 4 is 34.4 Å². The van der Waals surface area contributed by atoms with Crippen LogP contribution in [0.4, 0.5) is 0 Å². The number of thiazole rings is 1. The standard InChI is InChI=1S/C18H15NO4S2/c1-22-14-6-4-12(5-7-14)15(20)10-23-17(21)9-13-11-25-18(19-13)16-3-2-8-24-16/h2-8,11H,9-10H2,1H3. The molecule has 0 spiro atoms. The molecule has 3 aromatic rings. The number of ether oxygens (including phenoxy) is 2. The Kier molecular flexibility index (Phi) is 5.57. The number of ketones is 1. The first-order valence-corrected chi connectivity index (χ1v) is 9.23. The second kappa shape index (κ2) is 8.04. The molecule has 25 heavy (non-hydrogen) atoms. The molecule has 0 N–H and O–H groups in total. The smallest absolute Gasteiger partial charge is 0.312 e. The van der Waals surface area contributed by atoms with Gasteiger partial charge in [0.15, 0.2) is 12.4 Å². The van der Waals surface area contributed by atoms with Gasteiger partial charge in [-0.1, -0.05) is 6.07 Å². The number of methoxy groups -OCH3 is 1. The van der Waals surface area contributed by atoms with Gasteiger partial charge >= 0.3 is 5.97 Å². The van der Waals surface area contributed by atoms with Gasteiger partial charge in [-0.05, 0) is 35.7 Å². The van der Waals surface area contributed by atoms with E-state index in [2.05, 4.69) is 4.98 Å². The molecular weight excluding hydrogens is 358 g/mol. The van der Waals surface area contributed by atoms with Crippen LogP contribution in [0.3, 0.4) is 0 Å². The van der Waals surface area contributed by atoms with E-state index in [1.165, 1.54) is 11.3 Å². The van der Waals surface area contributed by atoms with Crippen molar-refractivity contribution in [3.8, 4) is 15.6 Å². The van der Waals surface area contributed by atoms with Crippen molar-refractivity contribution in [3.05, 3.63) is 58.4 Å². The molecule has 0 amide bonds. The molecule has 7 heteroatoms. The van der Waals surface area contributed by atoms with Crippen LogP contribution in [0.5, 0.6) is 5.75 Å². The van der Waals surface area contributed by atoms with Gasteiger partial charge in [0.2, 0.25) is 0 Å². The van der Waals surface area contributed by atoms with Gasteiger partial charge in [0.1, 0.15) is 10.8 Å². The lowest BCUT2D eigenvalue weighted by Gasteiger charge is -2.04. The van der Waals surface area contributed by atoms with E-state index in [4.69, 9.17) is 9.47 Å². The Morgan fingerprint density at radius 2 is 1.92 bits per heavy atom. The average Bonchev–Trinajstić information content (AvgIpc) is 3.31. The number of Topliss-reactive ketones (excluding diaryl/α,β-unsaturated/α-hetero) is 1. The van der Waals surface area contributed by atoms with Crippen molar-refractivity contribution in [2.24, 2.45) is 0 Å². The van der Waals surface area contributed by atoms with Gasteiger partial charge in [0, 0.05) is 10.9 Å². The highest BCUT2D eigenvalue weighted by atomic mass is 32.1. The number of hydrogen-bond donors (Lipinski definition) is 0. The number of hydrogen-bond acceptors (Lipinski definition) is 7. The highest BCUT2D eigenvalue weighted by Gasteiger charge is 2.13. The zero-order valence-corrected chi connectivity index (χ0v) is 15.1. The summed E-state index contributed by atoms with van der Waals surface area (Å²) in [5.41, 5.74) is 1.12. The average molecular weight is 373 g/mol. The lowest BCUT2D eigenvalue weighted by molar-refractivity contribution is -0.141. The minimum Gasteiger partial charge on any atom is -0.497 e. The predicted molar refractivity (Wildman–Crippen MR) is 97.4 cm³/mol. The van der Waals surface area contributed by atoms with Gasteiger partial charge in [0.25, 0.3) is 0 Å². The third kappa shape index (κ3) is 4.52. The lowest BCUT2D eigenvalue weighted by Crippen LogP contribution is -2.15. The van der Waals surface area contributed by atoms with Crippen LogP contribution in [0.1, 0.15) is 16.1 Å². The van der Waals surface area contributed by atoms with Crippen LogP contribution in [0.25, 0.3) is 9.88 Å². The van der Waals surface area contributed by atoms with E-state index in [-0.39, 0.29) is 18.8 Å². The summed E-state index contributed by atoms with van der Waals surface area (Å²) in [7, 11) is 1.56. The summed E-state index contributed by atoms with van der Waals surface area (Å²) in [6.07, 6.45) is 0.0533. The second-order valence-electron chi connectivity index (χ2n) is 5.11. The Morgan fingerprint density at radius 1 is 1.12 bits per heavy atom. The molecule has 0 radical (unpaired) electrons. The minimum atomic E-state index is -0.468. The summed E-state index contributed by atoms with van der Waals surface area (Å²) in [5.74, 6) is -0.0583. The number of rotatable bonds is 7. The molecule has 1 aromatic carbocycles. The number of esters is 1. The first kappa shape index (κ1) is 17.3. The van der Waals surface area contributed by atoms with Crippen LogP contribution in [0, 0.1) is 0 Å². The van der Waals surface area contributed by atoms with Gasteiger partial charge in [-0.15, -0.1) is 22.7 Å². The summed E-state index contributed by atoms with van der Waals surface area (Å²) in [5, 5.41) is 4.70. The van der Waals surface area contributed by atoms with E-state index in [0.29, 0.717) is 17.0 Å². The Balaban J connectivity index is 1.51. The highest BCUT2D eigenvalue weighted by Crippen LogP contribution is 2.27. The van der Waals surface area contributed by atoms with Gasteiger partial charge in [-0.3, -0.25) is 9.59 Å². The fraction of sp³-hybridized carbons (Fsp3) is 0.167. The normalized spacial score (nSPS) is 10.4. The number of carbonyl (C=O) groups is 2. The maximum Gasteiger partial charge on any atom is 0.312 e. The molecule has 0 aliphatic carbocycles. The van der Waals surface area contributed by atoms with Gasteiger partial charge in [-0.25, -0.2) is 4.98 Å². The van der Waals surface area contributed by atoms with Gasteiger partial charge < -0.3 is 9.47 Å². The molecule has 0 aliphatic heterocycles. The maximum atomic E-state index is 12.0. The summed E-state index contributed by atoms with van der Waals surface area (Å²) < 4.78 is 10.1. The molecule has 2 aromatic heterocycles. The van der Waals surface area contributed by atoms with Crippen molar-refractivity contribution in [3.63, 3.8) is 0 Å². The Labute approximate surface area is 152 Å². The molecule has 0 fully saturated rings. The number of thiophene rings is 1. The molecular formula is C18H15NO4S2. The van der Waals surface area contributed by atoms with E-state index in [1.807, 2.05) is 22.9 Å². The monoisotopic (exact) mass is 373 g/mol. The largest absolute Gasteiger partial charge is 0.497 e. The van der Waals surface area contributed by atoms with Crippen LogP contribution in [0.15, 0.2) is 47.2 Å². The van der Waals surface area contributed by atoms with Crippen molar-refractivity contribution in [2.75, 3.05) is 13.7 Å². The van der Waals surface area contributed by atoms with Crippen molar-refractivity contribution in [1.82, 2.24) is 4.98 Å². The third-order valence-corrected chi connectivity index (χ3v) is 5.32. The van der Waals surface area contributed by atoms with Crippen molar-refractivity contribution in [2.45, 2.75) is 6.42 Å². The lowest BCUT2D eigenvalue weighted by atomic mass is 10.1. The van der Waals surface area contributed by atoms with Crippen LogP contribution in [-0.4, -0.2) is 30.5 Å². The summed E-state index contributed by atoms with van der Waals surface area (Å²) in [6.45, 7) is -0.285. The number of aromatic nitrogens is 1. The van der Waals surface area contributed by atoms with Crippen molar-refractivity contribution < 1.29 is 19.1 Å². The van der Waals surface area contributed by atoms with Crippen LogP contribution in [-0.2, 0) is 16.0 Å². The number of benzene rings is 1. The van der Waals surface area contributed by atoms with E-state index in [1.54, 1.807) is 42.7 Å². The quantitative estimate of drug-likeness (QED) is 0.465. The molecule has 128 valence electrons. The van der Waals surface area contributed by atoms with Crippen LogP contribution in [0.2, 0.25) is 0 Å². The maximum absolute atomic E-state index is 12.0. The molecule has 0 saturated carbocycles. The molecule has 5 nitrogen and oxygen atoms in total. The summed E-state index contributed by atoms with van der Waals surface area (Å²) >= 11 is 3.09. The van der Waals surface area contributed by atoms with Gasteiger partial charge in [-0.2, -0.15) is 0 Å².